The van der Waals surface area contributed by atoms with Crippen molar-refractivity contribution in [1.29, 1.82) is 0 Å². The Morgan fingerprint density at radius 1 is 1.19 bits per heavy atom. The van der Waals surface area contributed by atoms with Crippen molar-refractivity contribution in [3.05, 3.63) is 33.9 Å². The molecule has 0 bridgehead atoms. The third-order valence-corrected chi connectivity index (χ3v) is 3.43. The Labute approximate surface area is 131 Å². The number of carbonyl (C=O) groups is 1. The molecule has 7 heteroatoms. The normalized spacial score (nSPS) is 12.2. The molecule has 1 aromatic heterocycles. The highest BCUT2D eigenvalue weighted by atomic mass is 35.5. The molecule has 0 aliphatic rings. The maximum absolute atomic E-state index is 12.3. The minimum Gasteiger partial charge on any atom is -0.443 e. The van der Waals surface area contributed by atoms with Crippen LogP contribution in [0, 0.1) is 0 Å². The summed E-state index contributed by atoms with van der Waals surface area (Å²) in [6.07, 6.45) is -2.55. The molecule has 114 valence electrons. The lowest BCUT2D eigenvalue weighted by Crippen LogP contribution is -2.28. The van der Waals surface area contributed by atoms with E-state index in [2.05, 4.69) is 0 Å². The number of aromatic nitrogens is 1. The van der Waals surface area contributed by atoms with Crippen molar-refractivity contribution in [3.8, 4) is 0 Å². The predicted octanol–water partition coefficient (Wildman–Crippen LogP) is 3.71. The van der Waals surface area contributed by atoms with Gasteiger partial charge in [0.1, 0.15) is 5.60 Å². The quantitative estimate of drug-likeness (QED) is 0.781. The molecule has 0 unspecified atom stereocenters. The number of aliphatic hydroxyl groups excluding tert-OH is 1. The molecule has 0 atom stereocenters. The van der Waals surface area contributed by atoms with E-state index in [1.54, 1.807) is 26.8 Å². The number of hydrogen-bond acceptors (Lipinski definition) is 4. The first-order chi connectivity index (χ1) is 9.60. The number of halogens is 2. The summed E-state index contributed by atoms with van der Waals surface area (Å²) >= 11 is 11.9. The number of aliphatic hydroxyl groups is 2. The van der Waals surface area contributed by atoms with Gasteiger partial charge in [-0.1, -0.05) is 23.2 Å². The molecule has 0 saturated carbocycles. The van der Waals surface area contributed by atoms with Gasteiger partial charge in [-0.3, -0.25) is 0 Å². The molecule has 0 amide bonds. The summed E-state index contributed by atoms with van der Waals surface area (Å²) in [6, 6.07) is 4.48. The van der Waals surface area contributed by atoms with Crippen molar-refractivity contribution in [2.75, 3.05) is 0 Å². The largest absolute Gasteiger partial charge is 0.443 e. The van der Waals surface area contributed by atoms with Gasteiger partial charge in [-0.15, -0.1) is 0 Å². The van der Waals surface area contributed by atoms with Crippen molar-refractivity contribution in [3.63, 3.8) is 0 Å². The van der Waals surface area contributed by atoms with E-state index >= 15 is 0 Å². The number of carbonyl (C=O) groups excluding carboxylic acids is 1. The van der Waals surface area contributed by atoms with E-state index in [0.717, 1.165) is 4.57 Å². The summed E-state index contributed by atoms with van der Waals surface area (Å²) < 4.78 is 6.35. The van der Waals surface area contributed by atoms with Crippen molar-refractivity contribution in [2.24, 2.45) is 0 Å². The zero-order valence-corrected chi connectivity index (χ0v) is 13.2. The van der Waals surface area contributed by atoms with Gasteiger partial charge in [0.15, 0.2) is 6.29 Å². The molecule has 2 rings (SSSR count). The van der Waals surface area contributed by atoms with E-state index in [0.29, 0.717) is 15.9 Å². The second-order valence-electron chi connectivity index (χ2n) is 5.58. The van der Waals surface area contributed by atoms with Crippen LogP contribution in [-0.4, -0.2) is 26.5 Å². The average molecular weight is 332 g/mol. The first-order valence-electron chi connectivity index (χ1n) is 6.20. The monoisotopic (exact) mass is 331 g/mol. The fourth-order valence-electron chi connectivity index (χ4n) is 1.93. The Balaban J connectivity index is 2.66. The van der Waals surface area contributed by atoms with E-state index in [1.165, 1.54) is 12.1 Å². The predicted molar refractivity (Wildman–Crippen MR) is 80.8 cm³/mol. The Hall–Kier alpha value is -1.27. The topological polar surface area (TPSA) is 71.7 Å². The molecular formula is C14H15Cl2NO4. The van der Waals surface area contributed by atoms with Crippen molar-refractivity contribution in [2.45, 2.75) is 32.7 Å². The Morgan fingerprint density at radius 3 is 2.29 bits per heavy atom. The summed E-state index contributed by atoms with van der Waals surface area (Å²) in [5.74, 6) is 0. The van der Waals surface area contributed by atoms with Crippen LogP contribution in [0.15, 0.2) is 18.2 Å². The molecular weight excluding hydrogens is 317 g/mol. The summed E-state index contributed by atoms with van der Waals surface area (Å²) in [5.41, 5.74) is -0.346. The fraction of sp³-hybridized carbons (Fsp3) is 0.357. The SMILES string of the molecule is CC(C)(C)OC(=O)n1c(C(O)O)cc2cc(Cl)c(Cl)cc21. The van der Waals surface area contributed by atoms with Gasteiger partial charge in [-0.2, -0.15) is 0 Å². The number of nitrogens with zero attached hydrogens (tertiary/aromatic N) is 1. The number of ether oxygens (including phenoxy) is 1. The fourth-order valence-corrected chi connectivity index (χ4v) is 2.26. The van der Waals surface area contributed by atoms with Gasteiger partial charge in [0.05, 0.1) is 21.3 Å². The van der Waals surface area contributed by atoms with E-state index in [9.17, 15) is 15.0 Å². The Bertz CT molecular complexity index is 701. The average Bonchev–Trinajstić information content (AvgIpc) is 2.66. The second kappa shape index (κ2) is 5.50. The second-order valence-corrected chi connectivity index (χ2v) is 6.40. The minimum absolute atomic E-state index is 0.0161. The van der Waals surface area contributed by atoms with Crippen molar-refractivity contribution >= 4 is 40.2 Å². The standard InChI is InChI=1S/C14H15Cl2NO4/c1-14(2,3)21-13(20)17-10-6-9(16)8(15)4-7(10)5-11(17)12(18)19/h4-6,12,18-19H,1-3H3. The van der Waals surface area contributed by atoms with Crippen molar-refractivity contribution < 1.29 is 19.7 Å². The molecule has 2 N–H and O–H groups in total. The minimum atomic E-state index is -1.83. The van der Waals surface area contributed by atoms with Gasteiger partial charge in [0.25, 0.3) is 0 Å². The summed E-state index contributed by atoms with van der Waals surface area (Å²) in [4.78, 5) is 12.3. The van der Waals surface area contributed by atoms with Gasteiger partial charge >= 0.3 is 6.09 Å². The van der Waals surface area contributed by atoms with E-state index in [1.807, 2.05) is 0 Å². The molecule has 1 aromatic carbocycles. The van der Waals surface area contributed by atoms with Gasteiger partial charge in [0, 0.05) is 5.39 Å². The summed E-state index contributed by atoms with van der Waals surface area (Å²) in [6.45, 7) is 5.15. The molecule has 0 saturated heterocycles. The summed E-state index contributed by atoms with van der Waals surface area (Å²) in [7, 11) is 0. The maximum atomic E-state index is 12.3. The highest BCUT2D eigenvalue weighted by Gasteiger charge is 2.24. The third kappa shape index (κ3) is 3.32. The van der Waals surface area contributed by atoms with Crippen LogP contribution < -0.4 is 0 Å². The molecule has 2 aromatic rings. The lowest BCUT2D eigenvalue weighted by atomic mass is 10.2. The molecule has 5 nitrogen and oxygen atoms in total. The van der Waals surface area contributed by atoms with E-state index in [-0.39, 0.29) is 10.7 Å². The lowest BCUT2D eigenvalue weighted by Gasteiger charge is -2.21. The molecule has 0 aliphatic heterocycles. The zero-order chi connectivity index (χ0) is 15.9. The van der Waals surface area contributed by atoms with Crippen LogP contribution in [0.1, 0.15) is 32.8 Å². The number of fused-ring (bicyclic) bond motifs is 1. The number of hydrogen-bond donors (Lipinski definition) is 2. The number of rotatable bonds is 1. The van der Waals surface area contributed by atoms with Gasteiger partial charge in [-0.25, -0.2) is 9.36 Å². The van der Waals surface area contributed by atoms with Crippen LogP contribution in [0.4, 0.5) is 4.79 Å². The molecule has 0 radical (unpaired) electrons. The Kier molecular flexibility index (Phi) is 4.22. The zero-order valence-electron chi connectivity index (χ0n) is 11.7. The molecule has 21 heavy (non-hydrogen) atoms. The Morgan fingerprint density at radius 2 is 1.76 bits per heavy atom. The van der Waals surface area contributed by atoms with Crippen LogP contribution >= 0.6 is 23.2 Å². The molecule has 0 fully saturated rings. The molecule has 0 aliphatic carbocycles. The maximum Gasteiger partial charge on any atom is 0.419 e. The van der Waals surface area contributed by atoms with Crippen LogP contribution in [0.25, 0.3) is 10.9 Å². The van der Waals surface area contributed by atoms with Crippen LogP contribution in [0.2, 0.25) is 10.0 Å². The summed E-state index contributed by atoms with van der Waals surface area (Å²) in [5, 5.41) is 20.0. The first-order valence-corrected chi connectivity index (χ1v) is 6.95. The van der Waals surface area contributed by atoms with Gasteiger partial charge in [0.2, 0.25) is 0 Å². The van der Waals surface area contributed by atoms with Crippen LogP contribution in [0.5, 0.6) is 0 Å². The third-order valence-electron chi connectivity index (χ3n) is 2.71. The lowest BCUT2D eigenvalue weighted by molar-refractivity contribution is -0.0485. The highest BCUT2D eigenvalue weighted by molar-refractivity contribution is 6.42. The first kappa shape index (κ1) is 16.1. The molecule has 1 heterocycles. The highest BCUT2D eigenvalue weighted by Crippen LogP contribution is 2.32. The van der Waals surface area contributed by atoms with E-state index < -0.39 is 18.0 Å². The van der Waals surface area contributed by atoms with Gasteiger partial charge in [-0.05, 0) is 39.0 Å². The smallest absolute Gasteiger partial charge is 0.419 e. The van der Waals surface area contributed by atoms with Crippen LogP contribution in [-0.2, 0) is 4.74 Å². The van der Waals surface area contributed by atoms with E-state index in [4.69, 9.17) is 27.9 Å². The van der Waals surface area contributed by atoms with Gasteiger partial charge < -0.3 is 14.9 Å². The van der Waals surface area contributed by atoms with Crippen LogP contribution in [0.3, 0.4) is 0 Å². The number of benzene rings is 1. The molecule has 0 spiro atoms. The van der Waals surface area contributed by atoms with Crippen molar-refractivity contribution in [1.82, 2.24) is 4.57 Å².